The van der Waals surface area contributed by atoms with Crippen LogP contribution in [0.3, 0.4) is 0 Å². The van der Waals surface area contributed by atoms with Gasteiger partial charge in [-0.25, -0.2) is 0 Å². The van der Waals surface area contributed by atoms with Crippen molar-refractivity contribution in [1.29, 1.82) is 0 Å². The third-order valence-corrected chi connectivity index (χ3v) is 2.71. The number of para-hydroxylation sites is 1. The third kappa shape index (κ3) is 2.30. The lowest BCUT2D eigenvalue weighted by molar-refractivity contribution is 0.0823. The van der Waals surface area contributed by atoms with Crippen molar-refractivity contribution >= 4 is 17.5 Å². The average Bonchev–Trinajstić information content (AvgIpc) is 3.03. The van der Waals surface area contributed by atoms with E-state index in [2.05, 4.69) is 0 Å². The summed E-state index contributed by atoms with van der Waals surface area (Å²) in [5.74, 6) is 0.434. The van der Waals surface area contributed by atoms with Crippen LogP contribution in [-0.2, 0) is 0 Å². The number of halogens is 1. The number of rotatable bonds is 3. The fourth-order valence-electron chi connectivity index (χ4n) is 1.39. The molecule has 0 radical (unpaired) electrons. The van der Waals surface area contributed by atoms with Crippen molar-refractivity contribution < 1.29 is 9.53 Å². The normalized spacial score (nSPS) is 14.7. The van der Waals surface area contributed by atoms with Crippen LogP contribution in [-0.4, -0.2) is 31.0 Å². The molecule has 0 aromatic heterocycles. The van der Waals surface area contributed by atoms with E-state index in [0.29, 0.717) is 16.3 Å². The van der Waals surface area contributed by atoms with Crippen LogP contribution in [0.4, 0.5) is 0 Å². The zero-order valence-corrected chi connectivity index (χ0v) is 10.1. The summed E-state index contributed by atoms with van der Waals surface area (Å²) >= 11 is 6.05. The molecule has 0 heterocycles. The first-order valence-corrected chi connectivity index (χ1v) is 5.64. The van der Waals surface area contributed by atoms with Crippen LogP contribution < -0.4 is 4.74 Å². The molecular weight excluding hydrogens is 226 g/mol. The van der Waals surface area contributed by atoms with Crippen molar-refractivity contribution in [3.8, 4) is 5.75 Å². The molecule has 1 aliphatic carbocycles. The fraction of sp³-hybridized carbons (Fsp3) is 0.417. The predicted molar refractivity (Wildman–Crippen MR) is 63.1 cm³/mol. The summed E-state index contributed by atoms with van der Waals surface area (Å²) in [6.07, 6.45) is 2.32. The second kappa shape index (κ2) is 4.34. The SMILES string of the molecule is CN(C)C(=O)c1cccc(Cl)c1OC1CC1. The first kappa shape index (κ1) is 11.3. The van der Waals surface area contributed by atoms with Crippen LogP contribution in [0.1, 0.15) is 23.2 Å². The number of benzene rings is 1. The summed E-state index contributed by atoms with van der Waals surface area (Å²) in [5.41, 5.74) is 0.532. The van der Waals surface area contributed by atoms with Gasteiger partial charge in [0.2, 0.25) is 0 Å². The van der Waals surface area contributed by atoms with Gasteiger partial charge in [-0.15, -0.1) is 0 Å². The molecule has 0 N–H and O–H groups in total. The molecule has 1 aromatic carbocycles. The van der Waals surface area contributed by atoms with Crippen LogP contribution in [0.15, 0.2) is 18.2 Å². The maximum atomic E-state index is 11.9. The van der Waals surface area contributed by atoms with E-state index in [9.17, 15) is 4.79 Å². The van der Waals surface area contributed by atoms with E-state index in [0.717, 1.165) is 12.8 Å². The van der Waals surface area contributed by atoms with Crippen molar-refractivity contribution in [2.45, 2.75) is 18.9 Å². The summed E-state index contributed by atoms with van der Waals surface area (Å²) in [6, 6.07) is 5.25. The minimum atomic E-state index is -0.0850. The van der Waals surface area contributed by atoms with E-state index in [4.69, 9.17) is 16.3 Å². The second-order valence-electron chi connectivity index (χ2n) is 4.13. The molecule has 4 heteroatoms. The molecule has 0 spiro atoms. The van der Waals surface area contributed by atoms with Crippen LogP contribution in [0, 0.1) is 0 Å². The van der Waals surface area contributed by atoms with Crippen molar-refractivity contribution in [2.24, 2.45) is 0 Å². The Labute approximate surface area is 100.0 Å². The van der Waals surface area contributed by atoms with E-state index in [-0.39, 0.29) is 12.0 Å². The molecular formula is C12H14ClNO2. The third-order valence-electron chi connectivity index (χ3n) is 2.41. The Balaban J connectivity index is 2.34. The van der Waals surface area contributed by atoms with Crippen LogP contribution in [0.5, 0.6) is 5.75 Å². The first-order valence-electron chi connectivity index (χ1n) is 5.26. The van der Waals surface area contributed by atoms with Gasteiger partial charge in [0, 0.05) is 14.1 Å². The van der Waals surface area contributed by atoms with Crippen molar-refractivity contribution in [1.82, 2.24) is 4.90 Å². The molecule has 0 aliphatic heterocycles. The topological polar surface area (TPSA) is 29.5 Å². The minimum Gasteiger partial charge on any atom is -0.488 e. The quantitative estimate of drug-likeness (QED) is 0.812. The van der Waals surface area contributed by atoms with Gasteiger partial charge in [0.1, 0.15) is 0 Å². The molecule has 0 unspecified atom stereocenters. The number of amides is 1. The van der Waals surface area contributed by atoms with Gasteiger partial charge in [-0.1, -0.05) is 17.7 Å². The van der Waals surface area contributed by atoms with Crippen molar-refractivity contribution in [3.63, 3.8) is 0 Å². The molecule has 1 saturated carbocycles. The number of ether oxygens (including phenoxy) is 1. The van der Waals surface area contributed by atoms with Gasteiger partial charge in [-0.2, -0.15) is 0 Å². The highest BCUT2D eigenvalue weighted by Gasteiger charge is 2.27. The maximum Gasteiger partial charge on any atom is 0.257 e. The smallest absolute Gasteiger partial charge is 0.257 e. The number of carbonyl (C=O) groups is 1. The molecule has 86 valence electrons. The zero-order valence-electron chi connectivity index (χ0n) is 9.37. The van der Waals surface area contributed by atoms with E-state index in [1.165, 1.54) is 4.90 Å². The Morgan fingerprint density at radius 1 is 1.44 bits per heavy atom. The van der Waals surface area contributed by atoms with Crippen molar-refractivity contribution in [2.75, 3.05) is 14.1 Å². The molecule has 1 aliphatic rings. The van der Waals surface area contributed by atoms with Gasteiger partial charge in [-0.3, -0.25) is 4.79 Å². The van der Waals surface area contributed by atoms with Gasteiger partial charge >= 0.3 is 0 Å². The lowest BCUT2D eigenvalue weighted by Gasteiger charge is -2.15. The Morgan fingerprint density at radius 3 is 2.69 bits per heavy atom. The van der Waals surface area contributed by atoms with Crippen molar-refractivity contribution in [3.05, 3.63) is 28.8 Å². The molecule has 0 atom stereocenters. The second-order valence-corrected chi connectivity index (χ2v) is 4.54. The average molecular weight is 240 g/mol. The fourth-order valence-corrected chi connectivity index (χ4v) is 1.61. The van der Waals surface area contributed by atoms with E-state index in [1.807, 2.05) is 0 Å². The van der Waals surface area contributed by atoms with Crippen LogP contribution >= 0.6 is 11.6 Å². The lowest BCUT2D eigenvalue weighted by atomic mass is 10.2. The standard InChI is InChI=1S/C12H14ClNO2/c1-14(2)12(15)9-4-3-5-10(13)11(9)16-8-6-7-8/h3-5,8H,6-7H2,1-2H3. The number of carbonyl (C=O) groups excluding carboxylic acids is 1. The Kier molecular flexibility index (Phi) is 3.06. The summed E-state index contributed by atoms with van der Waals surface area (Å²) in [4.78, 5) is 13.4. The lowest BCUT2D eigenvalue weighted by Crippen LogP contribution is -2.22. The van der Waals surface area contributed by atoms with Gasteiger partial charge in [0.25, 0.3) is 5.91 Å². The number of nitrogens with zero attached hydrogens (tertiary/aromatic N) is 1. The molecule has 2 rings (SSSR count). The highest BCUT2D eigenvalue weighted by molar-refractivity contribution is 6.32. The highest BCUT2D eigenvalue weighted by atomic mass is 35.5. The molecule has 1 aromatic rings. The number of hydrogen-bond acceptors (Lipinski definition) is 2. The van der Waals surface area contributed by atoms with Gasteiger partial charge in [0.15, 0.2) is 5.75 Å². The zero-order chi connectivity index (χ0) is 11.7. The summed E-state index contributed by atoms with van der Waals surface area (Å²) in [5, 5.41) is 0.500. The molecule has 0 saturated heterocycles. The Hall–Kier alpha value is -1.22. The van der Waals surface area contributed by atoms with E-state index >= 15 is 0 Å². The van der Waals surface area contributed by atoms with E-state index in [1.54, 1.807) is 32.3 Å². The molecule has 0 bridgehead atoms. The number of hydrogen-bond donors (Lipinski definition) is 0. The molecule has 3 nitrogen and oxygen atoms in total. The minimum absolute atomic E-state index is 0.0850. The summed E-state index contributed by atoms with van der Waals surface area (Å²) in [7, 11) is 3.42. The monoisotopic (exact) mass is 239 g/mol. The highest BCUT2D eigenvalue weighted by Crippen LogP contribution is 2.35. The van der Waals surface area contributed by atoms with Crippen LogP contribution in [0.2, 0.25) is 5.02 Å². The molecule has 1 fully saturated rings. The maximum absolute atomic E-state index is 11.9. The van der Waals surface area contributed by atoms with Crippen LogP contribution in [0.25, 0.3) is 0 Å². The first-order chi connectivity index (χ1) is 7.59. The Bertz CT molecular complexity index is 413. The summed E-state index contributed by atoms with van der Waals surface area (Å²) < 4.78 is 5.68. The predicted octanol–water partition coefficient (Wildman–Crippen LogP) is 2.58. The van der Waals surface area contributed by atoms with Gasteiger partial charge < -0.3 is 9.64 Å². The molecule has 1 amide bonds. The summed E-state index contributed by atoms with van der Waals surface area (Å²) in [6.45, 7) is 0. The largest absolute Gasteiger partial charge is 0.488 e. The van der Waals surface area contributed by atoms with E-state index < -0.39 is 0 Å². The molecule has 16 heavy (non-hydrogen) atoms. The van der Waals surface area contributed by atoms with Gasteiger partial charge in [0.05, 0.1) is 16.7 Å². The van der Waals surface area contributed by atoms with Gasteiger partial charge in [-0.05, 0) is 25.0 Å². The Morgan fingerprint density at radius 2 is 2.12 bits per heavy atom.